The third-order valence-corrected chi connectivity index (χ3v) is 5.13. The number of furan rings is 1. The predicted molar refractivity (Wildman–Crippen MR) is 93.2 cm³/mol. The fourth-order valence-corrected chi connectivity index (χ4v) is 3.78. The Morgan fingerprint density at radius 3 is 2.88 bits per heavy atom. The molecule has 2 aliphatic rings. The van der Waals surface area contributed by atoms with Crippen molar-refractivity contribution in [3.63, 3.8) is 0 Å². The average Bonchev–Trinajstić information content (AvgIpc) is 3.25. The number of hydrogen-bond donors (Lipinski definition) is 0. The van der Waals surface area contributed by atoms with Crippen LogP contribution in [0.3, 0.4) is 0 Å². The van der Waals surface area contributed by atoms with Crippen LogP contribution >= 0.6 is 0 Å². The highest BCUT2D eigenvalue weighted by Crippen LogP contribution is 2.23. The smallest absolute Gasteiger partial charge is 0.118 e. The number of aromatic nitrogens is 2. The van der Waals surface area contributed by atoms with E-state index in [0.717, 1.165) is 63.8 Å². The van der Waals surface area contributed by atoms with E-state index in [9.17, 15) is 0 Å². The summed E-state index contributed by atoms with van der Waals surface area (Å²) in [6, 6.07) is 6.45. The van der Waals surface area contributed by atoms with Crippen molar-refractivity contribution >= 4 is 0 Å². The SMILES string of the molecule is Cc1ccc(CN2Cc3ccnn3C(COCC3CCOCC3)C2)o1. The van der Waals surface area contributed by atoms with Gasteiger partial charge in [0, 0.05) is 39.1 Å². The minimum absolute atomic E-state index is 0.259. The van der Waals surface area contributed by atoms with Crippen molar-refractivity contribution in [2.45, 2.75) is 38.9 Å². The zero-order chi connectivity index (χ0) is 17.1. The van der Waals surface area contributed by atoms with Crippen molar-refractivity contribution in [2.75, 3.05) is 33.0 Å². The van der Waals surface area contributed by atoms with Crippen molar-refractivity contribution in [2.24, 2.45) is 5.92 Å². The number of aryl methyl sites for hydroxylation is 1. The Kier molecular flexibility index (Phi) is 5.20. The lowest BCUT2D eigenvalue weighted by Crippen LogP contribution is -2.39. The van der Waals surface area contributed by atoms with Gasteiger partial charge < -0.3 is 13.9 Å². The summed E-state index contributed by atoms with van der Waals surface area (Å²) >= 11 is 0. The van der Waals surface area contributed by atoms with Gasteiger partial charge in [0.15, 0.2) is 0 Å². The van der Waals surface area contributed by atoms with Crippen LogP contribution in [0.2, 0.25) is 0 Å². The topological polar surface area (TPSA) is 52.7 Å². The molecule has 1 unspecified atom stereocenters. The third kappa shape index (κ3) is 4.14. The van der Waals surface area contributed by atoms with Crippen molar-refractivity contribution in [3.8, 4) is 0 Å². The molecule has 0 bridgehead atoms. The molecular weight excluding hydrogens is 318 g/mol. The Labute approximate surface area is 148 Å². The van der Waals surface area contributed by atoms with E-state index < -0.39 is 0 Å². The van der Waals surface area contributed by atoms with E-state index in [2.05, 4.69) is 26.8 Å². The van der Waals surface area contributed by atoms with Gasteiger partial charge in [-0.3, -0.25) is 9.58 Å². The van der Waals surface area contributed by atoms with E-state index in [-0.39, 0.29) is 6.04 Å². The molecule has 0 radical (unpaired) electrons. The van der Waals surface area contributed by atoms with Crippen molar-refractivity contribution < 1.29 is 13.9 Å². The van der Waals surface area contributed by atoms with E-state index >= 15 is 0 Å². The monoisotopic (exact) mass is 345 g/mol. The Hall–Kier alpha value is -1.63. The van der Waals surface area contributed by atoms with E-state index in [4.69, 9.17) is 13.9 Å². The minimum atomic E-state index is 0.259. The lowest BCUT2D eigenvalue weighted by Gasteiger charge is -2.33. The first-order valence-electron chi connectivity index (χ1n) is 9.23. The lowest BCUT2D eigenvalue weighted by molar-refractivity contribution is 0.00293. The Morgan fingerprint density at radius 2 is 2.08 bits per heavy atom. The average molecular weight is 345 g/mol. The van der Waals surface area contributed by atoms with Crippen molar-refractivity contribution in [1.82, 2.24) is 14.7 Å². The molecular formula is C19H27N3O3. The Bertz CT molecular complexity index is 675. The second-order valence-electron chi connectivity index (χ2n) is 7.20. The van der Waals surface area contributed by atoms with Crippen LogP contribution in [-0.2, 0) is 22.6 Å². The number of hydrogen-bond acceptors (Lipinski definition) is 5. The van der Waals surface area contributed by atoms with Crippen LogP contribution in [0.1, 0.15) is 36.1 Å². The second kappa shape index (κ2) is 7.72. The van der Waals surface area contributed by atoms with Crippen LogP contribution in [0.15, 0.2) is 28.8 Å². The van der Waals surface area contributed by atoms with Gasteiger partial charge in [0.2, 0.25) is 0 Å². The van der Waals surface area contributed by atoms with Crippen LogP contribution in [0.25, 0.3) is 0 Å². The molecule has 0 aliphatic carbocycles. The maximum Gasteiger partial charge on any atom is 0.118 e. The summed E-state index contributed by atoms with van der Waals surface area (Å²) in [5.41, 5.74) is 1.24. The molecule has 6 heteroatoms. The largest absolute Gasteiger partial charge is 0.465 e. The third-order valence-electron chi connectivity index (χ3n) is 5.13. The first-order chi connectivity index (χ1) is 12.3. The quantitative estimate of drug-likeness (QED) is 0.806. The standard InChI is InChI=1S/C19H27N3O3/c1-15-2-3-19(25-15)12-21-10-17-4-7-20-22(17)18(11-21)14-24-13-16-5-8-23-9-6-16/h2-4,7,16,18H,5-6,8-14H2,1H3. The van der Waals surface area contributed by atoms with Crippen LogP contribution < -0.4 is 0 Å². The predicted octanol–water partition coefficient (Wildman–Crippen LogP) is 2.78. The number of fused-ring (bicyclic) bond motifs is 1. The molecule has 0 N–H and O–H groups in total. The molecule has 1 fully saturated rings. The summed E-state index contributed by atoms with van der Waals surface area (Å²) in [5, 5.41) is 4.52. The fourth-order valence-electron chi connectivity index (χ4n) is 3.78. The maximum atomic E-state index is 6.08. The van der Waals surface area contributed by atoms with E-state index in [1.54, 1.807) is 0 Å². The van der Waals surface area contributed by atoms with Gasteiger partial charge in [-0.2, -0.15) is 5.10 Å². The van der Waals surface area contributed by atoms with Gasteiger partial charge in [-0.1, -0.05) is 0 Å². The maximum absolute atomic E-state index is 6.08. The van der Waals surface area contributed by atoms with Crippen molar-refractivity contribution in [3.05, 3.63) is 41.6 Å². The zero-order valence-electron chi connectivity index (χ0n) is 14.9. The molecule has 2 aromatic heterocycles. The zero-order valence-corrected chi connectivity index (χ0v) is 14.9. The molecule has 25 heavy (non-hydrogen) atoms. The first-order valence-corrected chi connectivity index (χ1v) is 9.23. The highest BCUT2D eigenvalue weighted by atomic mass is 16.5. The van der Waals surface area contributed by atoms with Crippen molar-refractivity contribution in [1.29, 1.82) is 0 Å². The number of rotatable bonds is 6. The van der Waals surface area contributed by atoms with E-state index in [1.165, 1.54) is 5.69 Å². The highest BCUT2D eigenvalue weighted by molar-refractivity contribution is 5.08. The first kappa shape index (κ1) is 16.8. The van der Waals surface area contributed by atoms with Crippen LogP contribution in [-0.4, -0.2) is 47.7 Å². The summed E-state index contributed by atoms with van der Waals surface area (Å²) in [5.74, 6) is 2.62. The van der Waals surface area contributed by atoms with Gasteiger partial charge in [-0.25, -0.2) is 0 Å². The minimum Gasteiger partial charge on any atom is -0.465 e. The molecule has 2 aromatic rings. The molecule has 0 aromatic carbocycles. The lowest BCUT2D eigenvalue weighted by atomic mass is 10.0. The van der Waals surface area contributed by atoms with Gasteiger partial charge in [-0.05, 0) is 43.9 Å². The molecule has 0 saturated carbocycles. The van der Waals surface area contributed by atoms with E-state index in [1.807, 2.05) is 19.2 Å². The molecule has 0 spiro atoms. The van der Waals surface area contributed by atoms with Crippen LogP contribution in [0, 0.1) is 12.8 Å². The van der Waals surface area contributed by atoms with Crippen LogP contribution in [0.4, 0.5) is 0 Å². The summed E-state index contributed by atoms with van der Waals surface area (Å²) in [7, 11) is 0. The fraction of sp³-hybridized carbons (Fsp3) is 0.632. The summed E-state index contributed by atoms with van der Waals surface area (Å²) in [6.07, 6.45) is 4.12. The van der Waals surface area contributed by atoms with Crippen LogP contribution in [0.5, 0.6) is 0 Å². The summed E-state index contributed by atoms with van der Waals surface area (Å²) < 4.78 is 19.4. The van der Waals surface area contributed by atoms with Gasteiger partial charge in [-0.15, -0.1) is 0 Å². The Morgan fingerprint density at radius 1 is 1.20 bits per heavy atom. The molecule has 1 saturated heterocycles. The second-order valence-corrected chi connectivity index (χ2v) is 7.20. The molecule has 136 valence electrons. The molecule has 6 nitrogen and oxygen atoms in total. The normalized spacial score (nSPS) is 22.2. The van der Waals surface area contributed by atoms with Gasteiger partial charge in [0.25, 0.3) is 0 Å². The van der Waals surface area contributed by atoms with Gasteiger partial charge >= 0.3 is 0 Å². The molecule has 4 rings (SSSR count). The number of ether oxygens (including phenoxy) is 2. The summed E-state index contributed by atoms with van der Waals surface area (Å²) in [4.78, 5) is 2.41. The summed E-state index contributed by atoms with van der Waals surface area (Å²) in [6.45, 7) is 7.93. The molecule has 0 amide bonds. The molecule has 1 atom stereocenters. The van der Waals surface area contributed by atoms with Gasteiger partial charge in [0.1, 0.15) is 11.5 Å². The van der Waals surface area contributed by atoms with E-state index in [0.29, 0.717) is 12.5 Å². The molecule has 2 aliphatic heterocycles. The highest BCUT2D eigenvalue weighted by Gasteiger charge is 2.26. The Balaban J connectivity index is 1.35. The molecule has 4 heterocycles. The van der Waals surface area contributed by atoms with Gasteiger partial charge in [0.05, 0.1) is 24.9 Å². The number of nitrogens with zero attached hydrogens (tertiary/aromatic N) is 3.